The molecule has 156 valence electrons. The molecule has 5 atom stereocenters. The maximum Gasteiger partial charge on any atom is 0.406 e. The van der Waals surface area contributed by atoms with Crippen LogP contribution in [0.25, 0.3) is 0 Å². The summed E-state index contributed by atoms with van der Waals surface area (Å²) in [6.45, 7) is 1.81. The number of imide groups is 1. The number of nitrogens with one attached hydrogen (secondary N) is 1. The van der Waals surface area contributed by atoms with E-state index in [0.717, 1.165) is 5.56 Å². The third kappa shape index (κ3) is 4.32. The second kappa shape index (κ2) is 7.82. The van der Waals surface area contributed by atoms with Gasteiger partial charge in [-0.05, 0) is 30.5 Å². The molecule has 0 aromatic heterocycles. The van der Waals surface area contributed by atoms with Gasteiger partial charge in [0.15, 0.2) is 0 Å². The number of fused-ring (bicyclic) bond motifs is 1. The Morgan fingerprint density at radius 2 is 1.79 bits per heavy atom. The van der Waals surface area contributed by atoms with Gasteiger partial charge in [0.25, 0.3) is 0 Å². The van der Waals surface area contributed by atoms with E-state index in [1.54, 1.807) is 44.2 Å². The SMILES string of the molecule is C[C@H](NC(=O)[C@H]1[C@@H]2C(=O)N(CC(F)(F)F)C(=O)[C@@H]2C=C[C@H]1C)c1ccc(Cl)cc1. The molecule has 1 aliphatic heterocycles. The monoisotopic (exact) mass is 428 g/mol. The average Bonchev–Trinajstić information content (AvgIpc) is 2.85. The van der Waals surface area contributed by atoms with Crippen molar-refractivity contribution in [1.82, 2.24) is 10.2 Å². The molecule has 0 saturated carbocycles. The van der Waals surface area contributed by atoms with E-state index in [0.29, 0.717) is 5.02 Å². The van der Waals surface area contributed by atoms with Crippen LogP contribution in [0.3, 0.4) is 0 Å². The smallest absolute Gasteiger partial charge is 0.349 e. The molecule has 3 amide bonds. The molecule has 1 aromatic rings. The van der Waals surface area contributed by atoms with E-state index in [-0.39, 0.29) is 4.90 Å². The van der Waals surface area contributed by atoms with Crippen LogP contribution >= 0.6 is 11.6 Å². The molecular weight excluding hydrogens is 409 g/mol. The highest BCUT2D eigenvalue weighted by atomic mass is 35.5. The van der Waals surface area contributed by atoms with E-state index in [1.807, 2.05) is 0 Å². The number of hydrogen-bond donors (Lipinski definition) is 1. The van der Waals surface area contributed by atoms with Crippen molar-refractivity contribution in [3.05, 3.63) is 47.0 Å². The van der Waals surface area contributed by atoms with Crippen LogP contribution in [0, 0.1) is 23.7 Å². The first kappa shape index (κ1) is 21.4. The number of amides is 3. The molecule has 29 heavy (non-hydrogen) atoms. The number of carbonyl (C=O) groups is 3. The number of nitrogens with zero attached hydrogens (tertiary/aromatic N) is 1. The van der Waals surface area contributed by atoms with Gasteiger partial charge in [-0.3, -0.25) is 19.3 Å². The average molecular weight is 429 g/mol. The third-order valence-electron chi connectivity index (χ3n) is 5.43. The summed E-state index contributed by atoms with van der Waals surface area (Å²) in [5.74, 6) is -5.87. The minimum atomic E-state index is -4.70. The van der Waals surface area contributed by atoms with Gasteiger partial charge >= 0.3 is 6.18 Å². The summed E-state index contributed by atoms with van der Waals surface area (Å²) in [4.78, 5) is 38.2. The van der Waals surface area contributed by atoms with Crippen molar-refractivity contribution >= 4 is 29.3 Å². The quantitative estimate of drug-likeness (QED) is 0.589. The van der Waals surface area contributed by atoms with Crippen molar-refractivity contribution in [2.75, 3.05) is 6.54 Å². The summed E-state index contributed by atoms with van der Waals surface area (Å²) in [5, 5.41) is 3.35. The number of benzene rings is 1. The molecule has 2 aliphatic rings. The highest BCUT2D eigenvalue weighted by Gasteiger charge is 2.56. The second-order valence-corrected chi connectivity index (χ2v) is 7.92. The Labute approximate surface area is 170 Å². The largest absolute Gasteiger partial charge is 0.406 e. The fourth-order valence-electron chi connectivity index (χ4n) is 3.98. The number of rotatable bonds is 4. The van der Waals surface area contributed by atoms with E-state index in [1.165, 1.54) is 6.08 Å². The molecule has 1 saturated heterocycles. The van der Waals surface area contributed by atoms with Gasteiger partial charge in [0.05, 0.1) is 23.8 Å². The van der Waals surface area contributed by atoms with Crippen molar-refractivity contribution < 1.29 is 27.6 Å². The van der Waals surface area contributed by atoms with Crippen LogP contribution < -0.4 is 5.32 Å². The van der Waals surface area contributed by atoms with E-state index in [4.69, 9.17) is 11.6 Å². The summed E-state index contributed by atoms with van der Waals surface area (Å²) in [6.07, 6.45) is -1.64. The van der Waals surface area contributed by atoms with Gasteiger partial charge in [-0.25, -0.2) is 0 Å². The second-order valence-electron chi connectivity index (χ2n) is 7.48. The lowest BCUT2D eigenvalue weighted by molar-refractivity contribution is -0.166. The first-order valence-corrected chi connectivity index (χ1v) is 9.53. The Bertz CT molecular complexity index is 854. The van der Waals surface area contributed by atoms with E-state index in [9.17, 15) is 27.6 Å². The lowest BCUT2D eigenvalue weighted by atomic mass is 9.71. The van der Waals surface area contributed by atoms with Gasteiger partial charge in [-0.15, -0.1) is 0 Å². The van der Waals surface area contributed by atoms with Gasteiger partial charge in [0.2, 0.25) is 17.7 Å². The Hall–Kier alpha value is -2.35. The Balaban J connectivity index is 1.82. The van der Waals surface area contributed by atoms with Crippen molar-refractivity contribution in [2.45, 2.75) is 26.1 Å². The van der Waals surface area contributed by atoms with Gasteiger partial charge in [-0.1, -0.05) is 42.8 Å². The van der Waals surface area contributed by atoms with E-state index in [2.05, 4.69) is 5.32 Å². The highest BCUT2D eigenvalue weighted by Crippen LogP contribution is 2.42. The zero-order chi connectivity index (χ0) is 21.5. The molecule has 1 N–H and O–H groups in total. The van der Waals surface area contributed by atoms with Crippen LogP contribution in [-0.4, -0.2) is 35.3 Å². The predicted octanol–water partition coefficient (Wildman–Crippen LogP) is 3.50. The van der Waals surface area contributed by atoms with Crippen LogP contribution in [0.1, 0.15) is 25.5 Å². The molecule has 1 aliphatic carbocycles. The van der Waals surface area contributed by atoms with E-state index < -0.39 is 60.2 Å². The van der Waals surface area contributed by atoms with Gasteiger partial charge in [-0.2, -0.15) is 13.2 Å². The maximum absolute atomic E-state index is 13.0. The van der Waals surface area contributed by atoms with Gasteiger partial charge < -0.3 is 5.32 Å². The molecular formula is C20H20ClF3N2O3. The molecule has 1 fully saturated rings. The van der Waals surface area contributed by atoms with Crippen LogP contribution in [0.5, 0.6) is 0 Å². The first-order valence-electron chi connectivity index (χ1n) is 9.15. The molecule has 9 heteroatoms. The molecule has 0 radical (unpaired) electrons. The van der Waals surface area contributed by atoms with Crippen LogP contribution in [-0.2, 0) is 14.4 Å². The first-order chi connectivity index (χ1) is 13.5. The molecule has 0 bridgehead atoms. The van der Waals surface area contributed by atoms with Crippen molar-refractivity contribution in [1.29, 1.82) is 0 Å². The van der Waals surface area contributed by atoms with Crippen molar-refractivity contribution in [3.63, 3.8) is 0 Å². The maximum atomic E-state index is 13.0. The molecule has 3 rings (SSSR count). The zero-order valence-corrected chi connectivity index (χ0v) is 16.5. The van der Waals surface area contributed by atoms with Crippen molar-refractivity contribution in [2.24, 2.45) is 23.7 Å². The lowest BCUT2D eigenvalue weighted by Crippen LogP contribution is -2.45. The van der Waals surface area contributed by atoms with Crippen LogP contribution in [0.15, 0.2) is 36.4 Å². The predicted molar refractivity (Wildman–Crippen MR) is 99.6 cm³/mol. The normalized spacial score (nSPS) is 27.7. The number of alkyl halides is 3. The minimum absolute atomic E-state index is 0.223. The van der Waals surface area contributed by atoms with Crippen LogP contribution in [0.2, 0.25) is 5.02 Å². The number of hydrogen-bond acceptors (Lipinski definition) is 3. The molecule has 1 aromatic carbocycles. The van der Waals surface area contributed by atoms with Crippen molar-refractivity contribution in [3.8, 4) is 0 Å². The summed E-state index contributed by atoms with van der Waals surface area (Å²) >= 11 is 5.86. The van der Waals surface area contributed by atoms with Gasteiger partial charge in [0.1, 0.15) is 6.54 Å². The van der Waals surface area contributed by atoms with E-state index >= 15 is 0 Å². The fourth-order valence-corrected chi connectivity index (χ4v) is 4.10. The van der Waals surface area contributed by atoms with Crippen LogP contribution in [0.4, 0.5) is 13.2 Å². The zero-order valence-electron chi connectivity index (χ0n) is 15.7. The molecule has 1 heterocycles. The standard InChI is InChI=1S/C20H20ClF3N2O3/c1-10-3-8-14-16(19(29)26(18(14)28)9-20(22,23)24)15(10)17(27)25-11(2)12-4-6-13(21)7-5-12/h3-8,10-11,14-16H,9H2,1-2H3,(H,25,27)/t10-,11+,14-,15-,16-/m1/s1. The summed E-state index contributed by atoms with van der Waals surface area (Å²) in [6, 6.07) is 6.44. The third-order valence-corrected chi connectivity index (χ3v) is 5.69. The Morgan fingerprint density at radius 1 is 1.17 bits per heavy atom. The molecule has 0 unspecified atom stereocenters. The topological polar surface area (TPSA) is 66.5 Å². The molecule has 0 spiro atoms. The number of carbonyl (C=O) groups excluding carboxylic acids is 3. The number of likely N-dealkylation sites (tertiary alicyclic amines) is 1. The summed E-state index contributed by atoms with van der Waals surface area (Å²) in [5.41, 5.74) is 0.783. The lowest BCUT2D eigenvalue weighted by Gasteiger charge is -2.32. The highest BCUT2D eigenvalue weighted by molar-refractivity contribution is 6.30. The Kier molecular flexibility index (Phi) is 5.76. The fraction of sp³-hybridized carbons (Fsp3) is 0.450. The molecule has 5 nitrogen and oxygen atoms in total. The van der Waals surface area contributed by atoms with Gasteiger partial charge in [0, 0.05) is 5.02 Å². The summed E-state index contributed by atoms with van der Waals surface area (Å²) in [7, 11) is 0. The number of allylic oxidation sites excluding steroid dienone is 1. The number of halogens is 4. The summed E-state index contributed by atoms with van der Waals surface area (Å²) < 4.78 is 38.4. The Morgan fingerprint density at radius 3 is 2.38 bits per heavy atom. The minimum Gasteiger partial charge on any atom is -0.349 e.